The number of hydrogen-bond donors (Lipinski definition) is 2. The Morgan fingerprint density at radius 1 is 1.00 bits per heavy atom. The highest BCUT2D eigenvalue weighted by atomic mass is 16.4. The van der Waals surface area contributed by atoms with E-state index in [4.69, 9.17) is 5.11 Å². The molecule has 106 valence electrons. The van der Waals surface area contributed by atoms with Crippen LogP contribution in [0, 0.1) is 0 Å². The van der Waals surface area contributed by atoms with E-state index in [1.807, 2.05) is 0 Å². The van der Waals surface area contributed by atoms with E-state index in [1.54, 1.807) is 42.5 Å². The predicted octanol–water partition coefficient (Wildman–Crippen LogP) is 2.92. The minimum absolute atomic E-state index is 0.0245. The summed E-state index contributed by atoms with van der Waals surface area (Å²) in [6, 6.07) is 13.4. The van der Waals surface area contributed by atoms with Crippen molar-refractivity contribution in [3.05, 3.63) is 71.3 Å². The van der Waals surface area contributed by atoms with Gasteiger partial charge in [-0.3, -0.25) is 4.79 Å². The Morgan fingerprint density at radius 2 is 1.67 bits per heavy atom. The molecular weight excluding hydrogens is 268 g/mol. The van der Waals surface area contributed by atoms with Crippen molar-refractivity contribution in [2.75, 3.05) is 0 Å². The van der Waals surface area contributed by atoms with E-state index in [-0.39, 0.29) is 18.0 Å². The lowest BCUT2D eigenvalue weighted by Crippen LogP contribution is -2.03. The second-order valence-electron chi connectivity index (χ2n) is 4.53. The fourth-order valence-corrected chi connectivity index (χ4v) is 1.90. The van der Waals surface area contributed by atoms with Gasteiger partial charge >= 0.3 is 5.97 Å². The molecule has 0 saturated heterocycles. The van der Waals surface area contributed by atoms with Crippen LogP contribution in [0.25, 0.3) is 6.08 Å². The first-order valence-electron chi connectivity index (χ1n) is 6.37. The van der Waals surface area contributed by atoms with Gasteiger partial charge in [-0.25, -0.2) is 4.79 Å². The maximum Gasteiger partial charge on any atom is 0.328 e. The summed E-state index contributed by atoms with van der Waals surface area (Å²) in [6.45, 7) is 0. The number of carboxylic acids is 1. The normalized spacial score (nSPS) is 10.7. The molecule has 0 aliphatic heterocycles. The van der Waals surface area contributed by atoms with Gasteiger partial charge in [0, 0.05) is 12.5 Å². The van der Waals surface area contributed by atoms with Crippen molar-refractivity contribution in [1.29, 1.82) is 0 Å². The molecular formula is C17H14O4. The Labute approximate surface area is 122 Å². The molecule has 0 amide bonds. The first-order chi connectivity index (χ1) is 10.1. The lowest BCUT2D eigenvalue weighted by atomic mass is 10.0. The van der Waals surface area contributed by atoms with Crippen molar-refractivity contribution in [2.24, 2.45) is 0 Å². The molecule has 0 radical (unpaired) electrons. The summed E-state index contributed by atoms with van der Waals surface area (Å²) in [5, 5.41) is 18.2. The quantitative estimate of drug-likeness (QED) is 0.653. The molecule has 0 aliphatic carbocycles. The van der Waals surface area contributed by atoms with Crippen molar-refractivity contribution < 1.29 is 19.8 Å². The smallest absolute Gasteiger partial charge is 0.328 e. The Balaban J connectivity index is 2.09. The summed E-state index contributed by atoms with van der Waals surface area (Å²) >= 11 is 0. The van der Waals surface area contributed by atoms with Gasteiger partial charge < -0.3 is 10.2 Å². The zero-order valence-corrected chi connectivity index (χ0v) is 11.2. The van der Waals surface area contributed by atoms with Crippen LogP contribution in [0.15, 0.2) is 54.6 Å². The number of ketones is 1. The molecule has 2 aromatic carbocycles. The monoisotopic (exact) mass is 282 g/mol. The molecule has 0 fully saturated rings. The van der Waals surface area contributed by atoms with Gasteiger partial charge in [0.2, 0.25) is 0 Å². The van der Waals surface area contributed by atoms with Crippen LogP contribution in [0.4, 0.5) is 0 Å². The molecule has 0 bridgehead atoms. The average Bonchev–Trinajstić information content (AvgIpc) is 2.47. The van der Waals surface area contributed by atoms with E-state index >= 15 is 0 Å². The molecule has 0 spiro atoms. The second kappa shape index (κ2) is 6.52. The maximum absolute atomic E-state index is 12.1. The van der Waals surface area contributed by atoms with E-state index in [1.165, 1.54) is 12.1 Å². The first-order valence-corrected chi connectivity index (χ1v) is 6.37. The molecule has 0 aliphatic rings. The van der Waals surface area contributed by atoms with Gasteiger partial charge in [0.1, 0.15) is 5.75 Å². The largest absolute Gasteiger partial charge is 0.507 e. The van der Waals surface area contributed by atoms with Crippen LogP contribution in [0.3, 0.4) is 0 Å². The van der Waals surface area contributed by atoms with Gasteiger partial charge in [-0.1, -0.05) is 36.4 Å². The number of Topliss-reactive ketones (excluding diaryl/α,β-unsaturated/α-hetero) is 1. The standard InChI is InChI=1S/C17H14O4/c18-15-4-2-1-3-14(15)16(19)11-13-7-5-12(6-8-13)9-10-17(20)21/h1-10,18H,11H2,(H,20,21)/b10-9+. The van der Waals surface area contributed by atoms with Gasteiger partial charge in [-0.15, -0.1) is 0 Å². The minimum Gasteiger partial charge on any atom is -0.507 e. The van der Waals surface area contributed by atoms with Crippen molar-refractivity contribution in [1.82, 2.24) is 0 Å². The number of benzene rings is 2. The zero-order chi connectivity index (χ0) is 15.2. The molecule has 2 rings (SSSR count). The molecule has 21 heavy (non-hydrogen) atoms. The molecule has 0 aromatic heterocycles. The number of carbonyl (C=O) groups excluding carboxylic acids is 1. The van der Waals surface area contributed by atoms with Crippen LogP contribution in [-0.4, -0.2) is 22.0 Å². The van der Waals surface area contributed by atoms with Gasteiger partial charge in [-0.05, 0) is 29.3 Å². The fraction of sp³-hybridized carbons (Fsp3) is 0.0588. The zero-order valence-electron chi connectivity index (χ0n) is 11.2. The molecule has 2 N–H and O–H groups in total. The summed E-state index contributed by atoms with van der Waals surface area (Å²) in [5.41, 5.74) is 1.85. The SMILES string of the molecule is O=C(O)/C=C/c1ccc(CC(=O)c2ccccc2O)cc1. The number of aromatic hydroxyl groups is 1. The topological polar surface area (TPSA) is 74.6 Å². The van der Waals surface area contributed by atoms with Crippen LogP contribution in [0.1, 0.15) is 21.5 Å². The number of aliphatic carboxylic acids is 1. The van der Waals surface area contributed by atoms with Crippen LogP contribution >= 0.6 is 0 Å². The van der Waals surface area contributed by atoms with E-state index in [9.17, 15) is 14.7 Å². The Morgan fingerprint density at radius 3 is 2.29 bits per heavy atom. The fourth-order valence-electron chi connectivity index (χ4n) is 1.90. The number of hydrogen-bond acceptors (Lipinski definition) is 3. The van der Waals surface area contributed by atoms with Crippen LogP contribution in [0.2, 0.25) is 0 Å². The average molecular weight is 282 g/mol. The lowest BCUT2D eigenvalue weighted by molar-refractivity contribution is -0.131. The number of phenolic OH excluding ortho intramolecular Hbond substituents is 1. The molecule has 0 unspecified atom stereocenters. The summed E-state index contributed by atoms with van der Waals surface area (Å²) in [6.07, 6.45) is 2.72. The minimum atomic E-state index is -1.01. The van der Waals surface area contributed by atoms with E-state index in [0.29, 0.717) is 5.56 Å². The van der Waals surface area contributed by atoms with Gasteiger partial charge in [0.25, 0.3) is 0 Å². The Hall–Kier alpha value is -2.88. The number of carboxylic acid groups (broad SMARTS) is 1. The van der Waals surface area contributed by atoms with E-state index in [0.717, 1.165) is 17.2 Å². The molecule has 0 atom stereocenters. The maximum atomic E-state index is 12.1. The highest BCUT2D eigenvalue weighted by Gasteiger charge is 2.10. The van der Waals surface area contributed by atoms with Crippen molar-refractivity contribution >= 4 is 17.8 Å². The number of carbonyl (C=O) groups is 2. The highest BCUT2D eigenvalue weighted by molar-refractivity contribution is 5.99. The van der Waals surface area contributed by atoms with Crippen molar-refractivity contribution in [3.63, 3.8) is 0 Å². The van der Waals surface area contributed by atoms with Crippen molar-refractivity contribution in [2.45, 2.75) is 6.42 Å². The number of phenols is 1. The molecule has 4 heteroatoms. The third-order valence-electron chi connectivity index (χ3n) is 2.97. The summed E-state index contributed by atoms with van der Waals surface area (Å²) in [4.78, 5) is 22.5. The molecule has 4 nitrogen and oxygen atoms in total. The summed E-state index contributed by atoms with van der Waals surface area (Å²) in [7, 11) is 0. The van der Waals surface area contributed by atoms with Crippen LogP contribution < -0.4 is 0 Å². The van der Waals surface area contributed by atoms with Gasteiger partial charge in [0.15, 0.2) is 5.78 Å². The Bertz CT molecular complexity index is 684. The van der Waals surface area contributed by atoms with E-state index in [2.05, 4.69) is 0 Å². The number of rotatable bonds is 5. The van der Waals surface area contributed by atoms with Gasteiger partial charge in [0.05, 0.1) is 5.56 Å². The second-order valence-corrected chi connectivity index (χ2v) is 4.53. The van der Waals surface area contributed by atoms with E-state index < -0.39 is 5.97 Å². The highest BCUT2D eigenvalue weighted by Crippen LogP contribution is 2.18. The lowest BCUT2D eigenvalue weighted by Gasteiger charge is -2.04. The summed E-state index contributed by atoms with van der Waals surface area (Å²) in [5.74, 6) is -1.20. The molecule has 0 heterocycles. The first kappa shape index (κ1) is 14.5. The number of para-hydroxylation sites is 1. The summed E-state index contributed by atoms with van der Waals surface area (Å²) < 4.78 is 0. The molecule has 0 saturated carbocycles. The Kier molecular flexibility index (Phi) is 4.51. The third kappa shape index (κ3) is 4.04. The van der Waals surface area contributed by atoms with Crippen molar-refractivity contribution in [3.8, 4) is 5.75 Å². The predicted molar refractivity (Wildman–Crippen MR) is 79.3 cm³/mol. The van der Waals surface area contributed by atoms with Gasteiger partial charge in [-0.2, -0.15) is 0 Å². The van der Waals surface area contributed by atoms with Crippen LogP contribution in [-0.2, 0) is 11.2 Å². The molecule has 2 aromatic rings. The van der Waals surface area contributed by atoms with Crippen LogP contribution in [0.5, 0.6) is 5.75 Å². The third-order valence-corrected chi connectivity index (χ3v) is 2.97.